The highest BCUT2D eigenvalue weighted by atomic mass is 16.6. The molecule has 0 saturated carbocycles. The van der Waals surface area contributed by atoms with Crippen LogP contribution in [-0.2, 0) is 9.53 Å². The van der Waals surface area contributed by atoms with Gasteiger partial charge in [-0.2, -0.15) is 0 Å². The topological polar surface area (TPSA) is 81.0 Å². The van der Waals surface area contributed by atoms with Crippen molar-refractivity contribution in [1.29, 1.82) is 0 Å². The molecule has 1 rings (SSSR count). The molecule has 5 heteroatoms. The number of aromatic nitrogens is 2. The van der Waals surface area contributed by atoms with Crippen LogP contribution in [0.15, 0.2) is 12.4 Å². The van der Waals surface area contributed by atoms with Gasteiger partial charge in [-0.25, -0.2) is 4.98 Å². The number of nitrogens with zero attached hydrogens (tertiary/aromatic N) is 1. The van der Waals surface area contributed by atoms with Crippen molar-refractivity contribution in [2.24, 2.45) is 5.73 Å². The molecule has 0 bridgehead atoms. The SMILES string of the molecule is CC(C)(C)OC(=O)C(CCCCCCCCCCCN)c1ncc[nH]1. The Morgan fingerprint density at radius 2 is 1.64 bits per heavy atom. The van der Waals surface area contributed by atoms with E-state index in [-0.39, 0.29) is 11.9 Å². The van der Waals surface area contributed by atoms with Gasteiger partial charge < -0.3 is 15.5 Å². The smallest absolute Gasteiger partial charge is 0.317 e. The average Bonchev–Trinajstić information content (AvgIpc) is 3.05. The minimum atomic E-state index is -0.466. The molecule has 1 heterocycles. The monoisotopic (exact) mass is 351 g/mol. The lowest BCUT2D eigenvalue weighted by Crippen LogP contribution is -2.28. The summed E-state index contributed by atoms with van der Waals surface area (Å²) in [4.78, 5) is 19.8. The molecule has 1 aromatic rings. The fourth-order valence-electron chi connectivity index (χ4n) is 2.94. The standard InChI is InChI=1S/C20H37N3O2/c1-20(2,3)25-19(24)17(18-22-15-16-23-18)13-11-9-7-5-4-6-8-10-12-14-21/h15-17H,4-14,21H2,1-3H3,(H,22,23). The van der Waals surface area contributed by atoms with E-state index in [0.29, 0.717) is 5.82 Å². The Kier molecular flexibility index (Phi) is 10.5. The van der Waals surface area contributed by atoms with E-state index in [9.17, 15) is 4.79 Å². The highest BCUT2D eigenvalue weighted by molar-refractivity contribution is 5.77. The molecule has 0 saturated heterocycles. The summed E-state index contributed by atoms with van der Waals surface area (Å²) in [5.74, 6) is 0.252. The zero-order chi connectivity index (χ0) is 18.5. The van der Waals surface area contributed by atoms with Crippen molar-refractivity contribution < 1.29 is 9.53 Å². The number of H-pyrrole nitrogens is 1. The van der Waals surface area contributed by atoms with Crippen LogP contribution in [0.2, 0.25) is 0 Å². The first-order valence-electron chi connectivity index (χ1n) is 9.86. The van der Waals surface area contributed by atoms with Gasteiger partial charge in [-0.05, 0) is 40.2 Å². The summed E-state index contributed by atoms with van der Waals surface area (Å²) in [5.41, 5.74) is 5.03. The fraction of sp³-hybridized carbons (Fsp3) is 0.800. The Hall–Kier alpha value is -1.36. The number of unbranched alkanes of at least 4 members (excludes halogenated alkanes) is 8. The zero-order valence-electron chi connectivity index (χ0n) is 16.4. The molecule has 0 fully saturated rings. The molecule has 0 aliphatic heterocycles. The maximum absolute atomic E-state index is 12.5. The van der Waals surface area contributed by atoms with Gasteiger partial charge in [-0.1, -0.05) is 51.4 Å². The summed E-state index contributed by atoms with van der Waals surface area (Å²) < 4.78 is 5.56. The van der Waals surface area contributed by atoms with Gasteiger partial charge in [-0.15, -0.1) is 0 Å². The van der Waals surface area contributed by atoms with E-state index >= 15 is 0 Å². The summed E-state index contributed by atoms with van der Waals surface area (Å²) in [6.07, 6.45) is 15.3. The van der Waals surface area contributed by atoms with E-state index in [0.717, 1.165) is 32.2 Å². The first-order chi connectivity index (χ1) is 11.9. The van der Waals surface area contributed by atoms with E-state index in [1.807, 2.05) is 20.8 Å². The number of hydrogen-bond acceptors (Lipinski definition) is 4. The molecule has 0 aliphatic rings. The molecule has 3 N–H and O–H groups in total. The van der Waals surface area contributed by atoms with Gasteiger partial charge in [0, 0.05) is 12.4 Å². The van der Waals surface area contributed by atoms with Crippen molar-refractivity contribution in [1.82, 2.24) is 9.97 Å². The zero-order valence-corrected chi connectivity index (χ0v) is 16.4. The van der Waals surface area contributed by atoms with Gasteiger partial charge in [0.1, 0.15) is 17.3 Å². The van der Waals surface area contributed by atoms with Crippen molar-refractivity contribution in [3.63, 3.8) is 0 Å². The Labute approximate surface area is 153 Å². The van der Waals surface area contributed by atoms with Crippen molar-refractivity contribution >= 4 is 5.97 Å². The lowest BCUT2D eigenvalue weighted by molar-refractivity contribution is -0.157. The number of ether oxygens (including phenoxy) is 1. The molecule has 0 spiro atoms. The van der Waals surface area contributed by atoms with Gasteiger partial charge in [0.25, 0.3) is 0 Å². The van der Waals surface area contributed by atoms with Crippen LogP contribution in [0.1, 0.15) is 96.7 Å². The third kappa shape index (κ3) is 10.3. The normalized spacial score (nSPS) is 13.0. The molecular weight excluding hydrogens is 314 g/mol. The van der Waals surface area contributed by atoms with Crippen molar-refractivity contribution in [2.45, 2.75) is 96.5 Å². The second-order valence-electron chi connectivity index (χ2n) is 7.82. The molecule has 0 radical (unpaired) electrons. The average molecular weight is 352 g/mol. The Bertz CT molecular complexity index is 452. The lowest BCUT2D eigenvalue weighted by atomic mass is 9.99. The Morgan fingerprint density at radius 3 is 2.12 bits per heavy atom. The fourth-order valence-corrected chi connectivity index (χ4v) is 2.94. The Balaban J connectivity index is 2.24. The van der Waals surface area contributed by atoms with Gasteiger partial charge in [0.2, 0.25) is 0 Å². The van der Waals surface area contributed by atoms with Crippen LogP contribution in [0.3, 0.4) is 0 Å². The van der Waals surface area contributed by atoms with Crippen molar-refractivity contribution in [3.05, 3.63) is 18.2 Å². The highest BCUT2D eigenvalue weighted by Crippen LogP contribution is 2.24. The van der Waals surface area contributed by atoms with E-state index in [1.54, 1.807) is 12.4 Å². The van der Waals surface area contributed by atoms with Gasteiger partial charge in [0.05, 0.1) is 0 Å². The summed E-state index contributed by atoms with van der Waals surface area (Å²) in [7, 11) is 0. The van der Waals surface area contributed by atoms with Crippen LogP contribution in [-0.4, -0.2) is 28.1 Å². The van der Waals surface area contributed by atoms with Gasteiger partial charge in [-0.3, -0.25) is 4.79 Å². The summed E-state index contributed by atoms with van der Waals surface area (Å²) in [6.45, 7) is 6.52. The third-order valence-corrected chi connectivity index (χ3v) is 4.24. The van der Waals surface area contributed by atoms with Crippen molar-refractivity contribution in [2.75, 3.05) is 6.54 Å². The summed E-state index contributed by atoms with van der Waals surface area (Å²) in [5, 5.41) is 0. The molecule has 1 atom stereocenters. The van der Waals surface area contributed by atoms with Crippen LogP contribution < -0.4 is 5.73 Å². The number of rotatable bonds is 13. The molecule has 0 aliphatic carbocycles. The predicted molar refractivity (Wildman–Crippen MR) is 102 cm³/mol. The van der Waals surface area contributed by atoms with E-state index in [2.05, 4.69) is 9.97 Å². The van der Waals surface area contributed by atoms with Gasteiger partial charge in [0.15, 0.2) is 0 Å². The highest BCUT2D eigenvalue weighted by Gasteiger charge is 2.27. The lowest BCUT2D eigenvalue weighted by Gasteiger charge is -2.23. The number of hydrogen-bond donors (Lipinski definition) is 2. The molecule has 0 amide bonds. The molecule has 0 aromatic carbocycles. The maximum atomic E-state index is 12.5. The number of carbonyl (C=O) groups is 1. The second-order valence-corrected chi connectivity index (χ2v) is 7.82. The third-order valence-electron chi connectivity index (χ3n) is 4.24. The number of esters is 1. The van der Waals surface area contributed by atoms with Crippen LogP contribution in [0.4, 0.5) is 0 Å². The molecule has 1 unspecified atom stereocenters. The van der Waals surface area contributed by atoms with E-state index in [1.165, 1.54) is 38.5 Å². The first kappa shape index (κ1) is 21.7. The number of nitrogens with two attached hydrogens (primary N) is 1. The van der Waals surface area contributed by atoms with Crippen LogP contribution in [0.25, 0.3) is 0 Å². The summed E-state index contributed by atoms with van der Waals surface area (Å²) in [6, 6.07) is 0. The number of nitrogens with one attached hydrogen (secondary N) is 1. The minimum absolute atomic E-state index is 0.178. The van der Waals surface area contributed by atoms with Crippen LogP contribution >= 0.6 is 0 Å². The number of aromatic amines is 1. The largest absolute Gasteiger partial charge is 0.459 e. The van der Waals surface area contributed by atoms with E-state index < -0.39 is 5.60 Å². The molecule has 1 aromatic heterocycles. The molecule has 5 nitrogen and oxygen atoms in total. The molecule has 144 valence electrons. The Morgan fingerprint density at radius 1 is 1.08 bits per heavy atom. The summed E-state index contributed by atoms with van der Waals surface area (Å²) >= 11 is 0. The quantitative estimate of drug-likeness (QED) is 0.399. The number of imidazole rings is 1. The van der Waals surface area contributed by atoms with Crippen molar-refractivity contribution in [3.8, 4) is 0 Å². The van der Waals surface area contributed by atoms with Crippen LogP contribution in [0, 0.1) is 0 Å². The second kappa shape index (κ2) is 12.1. The van der Waals surface area contributed by atoms with Crippen LogP contribution in [0.5, 0.6) is 0 Å². The number of carbonyl (C=O) groups excluding carboxylic acids is 1. The van der Waals surface area contributed by atoms with Gasteiger partial charge >= 0.3 is 5.97 Å². The molecule has 25 heavy (non-hydrogen) atoms. The minimum Gasteiger partial charge on any atom is -0.459 e. The first-order valence-corrected chi connectivity index (χ1v) is 9.86. The predicted octanol–water partition coefficient (Wildman–Crippen LogP) is 4.69. The molecular formula is C20H37N3O2. The maximum Gasteiger partial charge on any atom is 0.317 e. The van der Waals surface area contributed by atoms with E-state index in [4.69, 9.17) is 10.5 Å².